The molecule has 1 aromatic heterocycles. The Hall–Kier alpha value is -1.31. The van der Waals surface area contributed by atoms with Crippen molar-refractivity contribution in [3.63, 3.8) is 0 Å². The van der Waals surface area contributed by atoms with E-state index in [0.29, 0.717) is 6.54 Å². The molecule has 1 saturated heterocycles. The van der Waals surface area contributed by atoms with Crippen LogP contribution >= 0.6 is 23.1 Å². The van der Waals surface area contributed by atoms with Crippen molar-refractivity contribution in [2.24, 2.45) is 4.99 Å². The average Bonchev–Trinajstić information content (AvgIpc) is 3.35. The summed E-state index contributed by atoms with van der Waals surface area (Å²) in [7, 11) is 0. The van der Waals surface area contributed by atoms with Crippen molar-refractivity contribution in [1.82, 2.24) is 10.2 Å². The lowest BCUT2D eigenvalue weighted by Gasteiger charge is -2.25. The lowest BCUT2D eigenvalue weighted by molar-refractivity contribution is 0.0958. The summed E-state index contributed by atoms with van der Waals surface area (Å²) in [6, 6.07) is 3.94. The third kappa shape index (κ3) is 3.38. The number of rotatable bonds is 5. The number of fused-ring (bicyclic) bond motifs is 1. The molecule has 24 heavy (non-hydrogen) atoms. The van der Waals surface area contributed by atoms with Crippen molar-refractivity contribution in [1.29, 1.82) is 0 Å². The Kier molecular flexibility index (Phi) is 4.91. The number of nitrogens with one attached hydrogen (secondary N) is 1. The molecule has 4 rings (SSSR count). The van der Waals surface area contributed by atoms with Crippen LogP contribution in [0.5, 0.6) is 0 Å². The van der Waals surface area contributed by atoms with Gasteiger partial charge in [-0.15, -0.1) is 11.3 Å². The lowest BCUT2D eigenvalue weighted by Crippen LogP contribution is -2.31. The zero-order chi connectivity index (χ0) is 16.4. The van der Waals surface area contributed by atoms with Crippen LogP contribution in [0.1, 0.15) is 46.3 Å². The van der Waals surface area contributed by atoms with Crippen molar-refractivity contribution in [2.45, 2.75) is 31.8 Å². The average molecular weight is 364 g/mol. The second-order valence-corrected chi connectivity index (χ2v) is 8.06. The third-order valence-corrected chi connectivity index (χ3v) is 6.56. The van der Waals surface area contributed by atoms with Crippen LogP contribution in [0.3, 0.4) is 0 Å². The molecule has 0 spiro atoms. The summed E-state index contributed by atoms with van der Waals surface area (Å²) < 4.78 is 5.68. The minimum atomic E-state index is 0.0167. The van der Waals surface area contributed by atoms with Crippen LogP contribution in [0.2, 0.25) is 0 Å². The zero-order valence-electron chi connectivity index (χ0n) is 13.5. The molecule has 1 fully saturated rings. The number of amides is 1. The maximum Gasteiger partial charge on any atom is 0.261 e. The highest BCUT2D eigenvalue weighted by atomic mass is 32.2. The van der Waals surface area contributed by atoms with Crippen molar-refractivity contribution >= 4 is 34.2 Å². The van der Waals surface area contributed by atoms with Crippen molar-refractivity contribution in [3.8, 4) is 0 Å². The number of aliphatic imine (C=N–C) groups is 1. The summed E-state index contributed by atoms with van der Waals surface area (Å²) in [5.41, 5.74) is 1.27. The summed E-state index contributed by atoms with van der Waals surface area (Å²) in [6.07, 6.45) is 4.32. The van der Waals surface area contributed by atoms with E-state index in [0.717, 1.165) is 55.4 Å². The molecule has 0 bridgehead atoms. The van der Waals surface area contributed by atoms with E-state index in [1.165, 1.54) is 10.6 Å². The number of thioether (sulfide) groups is 1. The fourth-order valence-corrected chi connectivity index (χ4v) is 5.17. The molecule has 7 heteroatoms. The minimum Gasteiger partial charge on any atom is -0.373 e. The molecular formula is C17H21N3O2S2. The van der Waals surface area contributed by atoms with Gasteiger partial charge in [0.1, 0.15) is 0 Å². The van der Waals surface area contributed by atoms with Gasteiger partial charge in [0.15, 0.2) is 5.17 Å². The molecule has 0 unspecified atom stereocenters. The molecule has 5 nitrogen and oxygen atoms in total. The summed E-state index contributed by atoms with van der Waals surface area (Å²) in [4.78, 5) is 21.1. The first-order valence-corrected chi connectivity index (χ1v) is 10.2. The van der Waals surface area contributed by atoms with E-state index in [1.54, 1.807) is 23.1 Å². The van der Waals surface area contributed by atoms with Crippen molar-refractivity contribution in [2.75, 3.05) is 26.2 Å². The molecule has 0 aromatic carbocycles. The fourth-order valence-electron chi connectivity index (χ4n) is 3.17. The summed E-state index contributed by atoms with van der Waals surface area (Å²) in [5, 5.41) is 6.32. The third-order valence-electron chi connectivity index (χ3n) is 4.43. The van der Waals surface area contributed by atoms with Gasteiger partial charge in [0.25, 0.3) is 5.91 Å². The zero-order valence-corrected chi connectivity index (χ0v) is 15.1. The molecule has 3 aliphatic rings. The molecule has 0 aliphatic carbocycles. The van der Waals surface area contributed by atoms with Gasteiger partial charge in [0, 0.05) is 43.2 Å². The van der Waals surface area contributed by atoms with Gasteiger partial charge in [-0.3, -0.25) is 9.79 Å². The number of ether oxygens (including phenoxy) is 1. The van der Waals surface area contributed by atoms with Crippen LogP contribution in [0.15, 0.2) is 28.2 Å². The SMILES string of the molecule is O=C(NCCC1=CSC2=NCCCN12)c1ccc([C@@H]2CCCO2)s1. The van der Waals surface area contributed by atoms with Crippen LogP contribution < -0.4 is 5.32 Å². The van der Waals surface area contributed by atoms with Crippen LogP contribution in [0.25, 0.3) is 0 Å². The number of carbonyl (C=O) groups excluding carboxylic acids is 1. The standard InChI is InChI=1S/C17H21N3O2S2/c21-16(15-5-4-14(24-15)13-3-1-10-22-13)18-8-6-12-11-23-17-19-7-2-9-20(12)17/h4-5,11,13H,1-3,6-10H2,(H,18,21)/t13-/m0/s1. The number of thiophene rings is 1. The van der Waals surface area contributed by atoms with E-state index < -0.39 is 0 Å². The molecule has 1 N–H and O–H groups in total. The van der Waals surface area contributed by atoms with Gasteiger partial charge in [0.05, 0.1) is 11.0 Å². The quantitative estimate of drug-likeness (QED) is 0.871. The second-order valence-electron chi connectivity index (χ2n) is 6.11. The highest BCUT2D eigenvalue weighted by Gasteiger charge is 2.24. The summed E-state index contributed by atoms with van der Waals surface area (Å²) >= 11 is 3.25. The Morgan fingerprint density at radius 3 is 3.25 bits per heavy atom. The van der Waals surface area contributed by atoms with E-state index >= 15 is 0 Å². The molecule has 0 radical (unpaired) electrons. The maximum atomic E-state index is 12.3. The largest absolute Gasteiger partial charge is 0.373 e. The highest BCUT2D eigenvalue weighted by molar-refractivity contribution is 8.16. The van der Waals surface area contributed by atoms with E-state index in [1.807, 2.05) is 12.1 Å². The van der Waals surface area contributed by atoms with Gasteiger partial charge in [-0.2, -0.15) is 0 Å². The number of carbonyl (C=O) groups is 1. The Bertz CT molecular complexity index is 677. The molecule has 0 saturated carbocycles. The van der Waals surface area contributed by atoms with Gasteiger partial charge in [-0.05, 0) is 36.8 Å². The van der Waals surface area contributed by atoms with E-state index in [-0.39, 0.29) is 12.0 Å². The predicted octanol–water partition coefficient (Wildman–Crippen LogP) is 3.37. The number of hydrogen-bond acceptors (Lipinski definition) is 6. The van der Waals surface area contributed by atoms with Crippen molar-refractivity contribution < 1.29 is 9.53 Å². The van der Waals surface area contributed by atoms with Crippen LogP contribution in [-0.2, 0) is 4.74 Å². The fraction of sp³-hybridized carbons (Fsp3) is 0.529. The van der Waals surface area contributed by atoms with Gasteiger partial charge >= 0.3 is 0 Å². The topological polar surface area (TPSA) is 53.9 Å². The van der Waals surface area contributed by atoms with Crippen LogP contribution in [-0.4, -0.2) is 42.2 Å². The molecule has 1 atom stereocenters. The van der Waals surface area contributed by atoms with Crippen LogP contribution in [0.4, 0.5) is 0 Å². The Labute approximate surface area is 150 Å². The van der Waals surface area contributed by atoms with Crippen LogP contribution in [0, 0.1) is 0 Å². The second kappa shape index (κ2) is 7.29. The van der Waals surface area contributed by atoms with Gasteiger partial charge < -0.3 is 15.0 Å². The maximum absolute atomic E-state index is 12.3. The normalized spacial score (nSPS) is 23.0. The first kappa shape index (κ1) is 16.2. The monoisotopic (exact) mass is 363 g/mol. The summed E-state index contributed by atoms with van der Waals surface area (Å²) in [6.45, 7) is 3.46. The lowest BCUT2D eigenvalue weighted by atomic mass is 10.2. The van der Waals surface area contributed by atoms with Crippen molar-refractivity contribution in [3.05, 3.63) is 33.0 Å². The molecule has 4 heterocycles. The molecule has 1 amide bonds. The number of amidine groups is 1. The van der Waals surface area contributed by atoms with Gasteiger partial charge in [-0.25, -0.2) is 0 Å². The van der Waals surface area contributed by atoms with Gasteiger partial charge in [0.2, 0.25) is 0 Å². The van der Waals surface area contributed by atoms with E-state index in [9.17, 15) is 4.79 Å². The smallest absolute Gasteiger partial charge is 0.261 e. The van der Waals surface area contributed by atoms with Gasteiger partial charge in [-0.1, -0.05) is 11.8 Å². The molecular weight excluding hydrogens is 342 g/mol. The predicted molar refractivity (Wildman–Crippen MR) is 98.5 cm³/mol. The first-order valence-electron chi connectivity index (χ1n) is 8.48. The molecule has 1 aromatic rings. The Balaban J connectivity index is 1.28. The Morgan fingerprint density at radius 2 is 2.38 bits per heavy atom. The summed E-state index contributed by atoms with van der Waals surface area (Å²) in [5.74, 6) is 0.0167. The first-order chi connectivity index (χ1) is 11.8. The molecule has 3 aliphatic heterocycles. The number of hydrogen-bond donors (Lipinski definition) is 1. The van der Waals surface area contributed by atoms with E-state index in [4.69, 9.17) is 4.74 Å². The minimum absolute atomic E-state index is 0.0167. The highest BCUT2D eigenvalue weighted by Crippen LogP contribution is 2.33. The number of nitrogens with zero attached hydrogens (tertiary/aromatic N) is 2. The van der Waals surface area contributed by atoms with E-state index in [2.05, 4.69) is 20.6 Å². The Morgan fingerprint density at radius 1 is 1.42 bits per heavy atom. The molecule has 128 valence electrons.